The fraction of sp³-hybridized carbons (Fsp3) is 0.0385. The van der Waals surface area contributed by atoms with Gasteiger partial charge in [0.2, 0.25) is 0 Å². The van der Waals surface area contributed by atoms with E-state index in [0.29, 0.717) is 10.7 Å². The molecule has 0 saturated carbocycles. The Labute approximate surface area is 217 Å². The number of anilines is 1. The zero-order valence-corrected chi connectivity index (χ0v) is 20.1. The van der Waals surface area contributed by atoms with E-state index in [0.717, 1.165) is 12.1 Å². The number of nitrogens with zero attached hydrogens (tertiary/aromatic N) is 4. The summed E-state index contributed by atoms with van der Waals surface area (Å²) in [5.74, 6) is -1.77. The monoisotopic (exact) mass is 544 g/mol. The number of alkyl halides is 3. The summed E-state index contributed by atoms with van der Waals surface area (Å²) < 4.78 is 57.7. The number of rotatable bonds is 4. The summed E-state index contributed by atoms with van der Waals surface area (Å²) in [6.45, 7) is 0. The van der Waals surface area contributed by atoms with Crippen LogP contribution in [0.15, 0.2) is 89.7 Å². The largest absolute Gasteiger partial charge is 0.435 e. The van der Waals surface area contributed by atoms with Gasteiger partial charge in [0.15, 0.2) is 5.71 Å². The predicted molar refractivity (Wildman–Crippen MR) is 134 cm³/mol. The summed E-state index contributed by atoms with van der Waals surface area (Å²) in [4.78, 5) is 13.2. The molecule has 0 aliphatic carbocycles. The standard InChI is InChI=1S/C26H14Cl2F4N4O/c27-20-13-21(28)22(29)12-18(20)23-15(14-35(33-23)16-7-3-1-4-8-16)11-19-24(26(30,31)32)34-36(25(19)37)17-9-5-2-6-10-17/h1-14H/b19-11-. The van der Waals surface area contributed by atoms with E-state index in [9.17, 15) is 22.4 Å². The van der Waals surface area contributed by atoms with Gasteiger partial charge in [-0.3, -0.25) is 4.79 Å². The lowest BCUT2D eigenvalue weighted by molar-refractivity contribution is -0.114. The number of benzene rings is 3. The third-order valence-electron chi connectivity index (χ3n) is 5.48. The highest BCUT2D eigenvalue weighted by Crippen LogP contribution is 2.37. The number of para-hydroxylation sites is 2. The molecule has 0 saturated heterocycles. The molecule has 2 heterocycles. The molecular weight excluding hydrogens is 531 g/mol. The molecule has 3 aromatic carbocycles. The number of amides is 1. The van der Waals surface area contributed by atoms with Crippen LogP contribution < -0.4 is 5.01 Å². The molecule has 1 aromatic heterocycles. The molecule has 4 aromatic rings. The number of hydrazone groups is 1. The average Bonchev–Trinajstić information content (AvgIpc) is 3.44. The second-order valence-corrected chi connectivity index (χ2v) is 8.73. The molecule has 5 nitrogen and oxygen atoms in total. The van der Waals surface area contributed by atoms with Crippen molar-refractivity contribution in [2.24, 2.45) is 5.10 Å². The molecule has 0 radical (unpaired) electrons. The van der Waals surface area contributed by atoms with E-state index in [1.807, 2.05) is 0 Å². The van der Waals surface area contributed by atoms with Crippen molar-refractivity contribution in [3.05, 3.63) is 106 Å². The smallest absolute Gasteiger partial charge is 0.267 e. The number of hydrogen-bond donors (Lipinski definition) is 0. The Morgan fingerprint density at radius 3 is 2.11 bits per heavy atom. The third-order valence-corrected chi connectivity index (χ3v) is 6.08. The highest BCUT2D eigenvalue weighted by Gasteiger charge is 2.47. The minimum Gasteiger partial charge on any atom is -0.267 e. The summed E-state index contributed by atoms with van der Waals surface area (Å²) in [6.07, 6.45) is -2.47. The molecular formula is C26H14Cl2F4N4O. The molecule has 0 bridgehead atoms. The summed E-state index contributed by atoms with van der Waals surface area (Å²) >= 11 is 12.1. The predicted octanol–water partition coefficient (Wildman–Crippen LogP) is 7.33. The number of hydrogen-bond acceptors (Lipinski definition) is 3. The Kier molecular flexibility index (Phi) is 6.35. The number of carbonyl (C=O) groups is 1. The molecule has 11 heteroatoms. The van der Waals surface area contributed by atoms with E-state index in [-0.39, 0.29) is 32.6 Å². The molecule has 0 fully saturated rings. The summed E-state index contributed by atoms with van der Waals surface area (Å²) in [5.41, 5.74) is -1.11. The van der Waals surface area contributed by atoms with Gasteiger partial charge < -0.3 is 0 Å². The second-order valence-electron chi connectivity index (χ2n) is 7.92. The molecule has 1 amide bonds. The quantitative estimate of drug-likeness (QED) is 0.153. The molecule has 0 N–H and O–H groups in total. The fourth-order valence-electron chi connectivity index (χ4n) is 3.77. The first-order valence-electron chi connectivity index (χ1n) is 10.7. The van der Waals surface area contributed by atoms with Gasteiger partial charge in [-0.05, 0) is 42.5 Å². The van der Waals surface area contributed by atoms with Gasteiger partial charge >= 0.3 is 6.18 Å². The van der Waals surface area contributed by atoms with E-state index in [4.69, 9.17) is 23.2 Å². The molecule has 37 heavy (non-hydrogen) atoms. The van der Waals surface area contributed by atoms with Gasteiger partial charge in [0.25, 0.3) is 5.91 Å². The van der Waals surface area contributed by atoms with Crippen molar-refractivity contribution < 1.29 is 22.4 Å². The molecule has 186 valence electrons. The van der Waals surface area contributed by atoms with Crippen LogP contribution in [0.3, 0.4) is 0 Å². The van der Waals surface area contributed by atoms with Crippen LogP contribution in [0.2, 0.25) is 10.0 Å². The van der Waals surface area contributed by atoms with Crippen LogP contribution in [-0.4, -0.2) is 27.6 Å². The average molecular weight is 545 g/mol. The minimum atomic E-state index is -4.93. The molecule has 0 unspecified atom stereocenters. The second kappa shape index (κ2) is 9.49. The van der Waals surface area contributed by atoms with E-state index in [2.05, 4.69) is 10.2 Å². The van der Waals surface area contributed by atoms with Crippen molar-refractivity contribution in [3.63, 3.8) is 0 Å². The highest BCUT2D eigenvalue weighted by molar-refractivity contribution is 6.37. The first-order valence-corrected chi connectivity index (χ1v) is 11.5. The van der Waals surface area contributed by atoms with Crippen LogP contribution >= 0.6 is 23.2 Å². The van der Waals surface area contributed by atoms with Crippen molar-refractivity contribution in [1.82, 2.24) is 9.78 Å². The topological polar surface area (TPSA) is 50.5 Å². The van der Waals surface area contributed by atoms with E-state index in [1.54, 1.807) is 48.5 Å². The zero-order valence-electron chi connectivity index (χ0n) is 18.5. The Morgan fingerprint density at radius 2 is 1.49 bits per heavy atom. The van der Waals surface area contributed by atoms with Crippen molar-refractivity contribution in [3.8, 4) is 16.9 Å². The summed E-state index contributed by atoms with van der Waals surface area (Å²) in [5, 5.41) is 8.50. The van der Waals surface area contributed by atoms with E-state index in [1.165, 1.54) is 29.1 Å². The van der Waals surface area contributed by atoms with Gasteiger partial charge in [0, 0.05) is 17.3 Å². The lowest BCUT2D eigenvalue weighted by Gasteiger charge is -2.10. The van der Waals surface area contributed by atoms with Gasteiger partial charge in [-0.25, -0.2) is 9.07 Å². The van der Waals surface area contributed by atoms with Crippen LogP contribution in [0.5, 0.6) is 0 Å². The van der Waals surface area contributed by atoms with Gasteiger partial charge in [0.05, 0.1) is 27.0 Å². The maximum absolute atomic E-state index is 14.4. The van der Waals surface area contributed by atoms with Gasteiger partial charge in [-0.1, -0.05) is 59.6 Å². The van der Waals surface area contributed by atoms with Gasteiger partial charge in [-0.2, -0.15) is 28.4 Å². The van der Waals surface area contributed by atoms with Crippen molar-refractivity contribution in [2.75, 3.05) is 5.01 Å². The SMILES string of the molecule is O=C1/C(=C\c2cn(-c3ccccc3)nc2-c2cc(F)c(Cl)cc2Cl)C(C(F)(F)F)=NN1c1ccccc1. The first kappa shape index (κ1) is 24.7. The lowest BCUT2D eigenvalue weighted by atomic mass is 10.0. The van der Waals surface area contributed by atoms with Crippen LogP contribution in [0, 0.1) is 5.82 Å². The Balaban J connectivity index is 1.71. The van der Waals surface area contributed by atoms with Crippen LogP contribution in [0.25, 0.3) is 23.0 Å². The Bertz CT molecular complexity index is 1560. The molecule has 1 aliphatic heterocycles. The van der Waals surface area contributed by atoms with E-state index >= 15 is 0 Å². The van der Waals surface area contributed by atoms with Crippen LogP contribution in [0.1, 0.15) is 5.56 Å². The van der Waals surface area contributed by atoms with E-state index < -0.39 is 29.2 Å². The van der Waals surface area contributed by atoms with Crippen molar-refractivity contribution in [2.45, 2.75) is 6.18 Å². The van der Waals surface area contributed by atoms with Crippen LogP contribution in [-0.2, 0) is 4.79 Å². The maximum Gasteiger partial charge on any atom is 0.435 e. The molecule has 5 rings (SSSR count). The zero-order chi connectivity index (χ0) is 26.3. The fourth-order valence-corrected chi connectivity index (χ4v) is 4.25. The van der Waals surface area contributed by atoms with Crippen molar-refractivity contribution >= 4 is 46.6 Å². The number of aromatic nitrogens is 2. The summed E-state index contributed by atoms with van der Waals surface area (Å²) in [6, 6.07) is 18.7. The Morgan fingerprint density at radius 1 is 0.865 bits per heavy atom. The number of halogens is 6. The van der Waals surface area contributed by atoms with Crippen LogP contribution in [0.4, 0.5) is 23.2 Å². The Hall–Kier alpha value is -3.95. The maximum atomic E-state index is 14.4. The normalized spacial score (nSPS) is 15.0. The van der Waals surface area contributed by atoms with Gasteiger partial charge in [-0.15, -0.1) is 0 Å². The molecule has 1 aliphatic rings. The molecule has 0 atom stereocenters. The first-order chi connectivity index (χ1) is 17.6. The third kappa shape index (κ3) is 4.75. The number of carbonyl (C=O) groups excluding carboxylic acids is 1. The minimum absolute atomic E-state index is 0.0257. The lowest BCUT2D eigenvalue weighted by Crippen LogP contribution is -2.25. The molecule has 0 spiro atoms. The van der Waals surface area contributed by atoms with Gasteiger partial charge in [0.1, 0.15) is 11.5 Å². The summed E-state index contributed by atoms with van der Waals surface area (Å²) in [7, 11) is 0. The highest BCUT2D eigenvalue weighted by atomic mass is 35.5. The van der Waals surface area contributed by atoms with Crippen molar-refractivity contribution in [1.29, 1.82) is 0 Å².